The number of rotatable bonds is 7. The van der Waals surface area contributed by atoms with Gasteiger partial charge in [-0.05, 0) is 49.4 Å². The standard InChI is InChI=1S/C30H34N2O6/c1-20-24-11-10-23(16-26(24)38-29(35)25(20)15-21-7-3-2-4-8-21)37-19-27(33)31-17-28(34)32-14-13-30(36)12-6-5-9-22(30)18-32/h2-4,7-8,10-11,16,22,36H,5-6,9,12-15,17-19H2,1H3,(H,31,33)/t22-,30-/m1/s1. The molecule has 0 radical (unpaired) electrons. The summed E-state index contributed by atoms with van der Waals surface area (Å²) in [5, 5.41) is 14.2. The van der Waals surface area contributed by atoms with Gasteiger partial charge in [-0.2, -0.15) is 0 Å². The second-order valence-corrected chi connectivity index (χ2v) is 10.5. The monoisotopic (exact) mass is 518 g/mol. The number of hydrogen-bond acceptors (Lipinski definition) is 6. The van der Waals surface area contributed by atoms with E-state index in [1.165, 1.54) is 0 Å². The first-order valence-electron chi connectivity index (χ1n) is 13.3. The molecule has 2 heterocycles. The van der Waals surface area contributed by atoms with Crippen molar-refractivity contribution < 1.29 is 23.8 Å². The minimum absolute atomic E-state index is 0.108. The molecule has 1 aliphatic heterocycles. The van der Waals surface area contributed by atoms with Crippen LogP contribution in [0.3, 0.4) is 0 Å². The molecule has 2 fully saturated rings. The van der Waals surface area contributed by atoms with E-state index in [4.69, 9.17) is 9.15 Å². The van der Waals surface area contributed by atoms with Gasteiger partial charge in [-0.3, -0.25) is 9.59 Å². The molecular formula is C30H34N2O6. The van der Waals surface area contributed by atoms with Crippen molar-refractivity contribution in [3.8, 4) is 5.75 Å². The zero-order valence-electron chi connectivity index (χ0n) is 21.7. The molecule has 8 heteroatoms. The van der Waals surface area contributed by atoms with Crippen LogP contribution in [0, 0.1) is 12.8 Å². The maximum Gasteiger partial charge on any atom is 0.340 e. The summed E-state index contributed by atoms with van der Waals surface area (Å²) >= 11 is 0. The Bertz CT molecular complexity index is 1380. The average molecular weight is 519 g/mol. The zero-order valence-corrected chi connectivity index (χ0v) is 21.7. The molecule has 1 aromatic heterocycles. The van der Waals surface area contributed by atoms with E-state index in [2.05, 4.69) is 5.32 Å². The molecule has 38 heavy (non-hydrogen) atoms. The highest BCUT2D eigenvalue weighted by molar-refractivity contribution is 5.86. The first-order valence-corrected chi connectivity index (χ1v) is 13.3. The predicted molar refractivity (Wildman–Crippen MR) is 143 cm³/mol. The summed E-state index contributed by atoms with van der Waals surface area (Å²) in [6, 6.07) is 14.9. The molecule has 3 aromatic rings. The van der Waals surface area contributed by atoms with Crippen LogP contribution in [0.2, 0.25) is 0 Å². The van der Waals surface area contributed by atoms with Crippen molar-refractivity contribution >= 4 is 22.8 Å². The number of aryl methyl sites for hydroxylation is 1. The number of benzene rings is 2. The van der Waals surface area contributed by atoms with E-state index in [9.17, 15) is 19.5 Å². The van der Waals surface area contributed by atoms with E-state index >= 15 is 0 Å². The van der Waals surface area contributed by atoms with E-state index in [-0.39, 0.29) is 25.0 Å². The number of piperidine rings is 1. The Morgan fingerprint density at radius 2 is 1.97 bits per heavy atom. The molecule has 0 unspecified atom stereocenters. The van der Waals surface area contributed by atoms with Gasteiger partial charge in [0.25, 0.3) is 5.91 Å². The van der Waals surface area contributed by atoms with Crippen LogP contribution in [-0.4, -0.2) is 53.7 Å². The highest BCUT2D eigenvalue weighted by Gasteiger charge is 2.43. The van der Waals surface area contributed by atoms with Crippen molar-refractivity contribution in [1.29, 1.82) is 0 Å². The molecule has 1 aliphatic carbocycles. The van der Waals surface area contributed by atoms with Crippen LogP contribution in [0.1, 0.15) is 48.8 Å². The lowest BCUT2D eigenvalue weighted by Crippen LogP contribution is -2.56. The normalized spacial score (nSPS) is 21.1. The number of hydrogen-bond donors (Lipinski definition) is 2. The number of amides is 2. The van der Waals surface area contributed by atoms with Crippen molar-refractivity contribution in [1.82, 2.24) is 10.2 Å². The molecule has 200 valence electrons. The van der Waals surface area contributed by atoms with E-state index in [1.54, 1.807) is 17.0 Å². The molecule has 5 rings (SSSR count). The molecule has 8 nitrogen and oxygen atoms in total. The van der Waals surface area contributed by atoms with Crippen LogP contribution >= 0.6 is 0 Å². The Hall–Kier alpha value is -3.65. The number of nitrogens with one attached hydrogen (secondary N) is 1. The predicted octanol–water partition coefficient (Wildman–Crippen LogP) is 3.34. The first kappa shape index (κ1) is 26.0. The number of likely N-dealkylation sites (tertiary alicyclic amines) is 1. The van der Waals surface area contributed by atoms with Crippen LogP contribution < -0.4 is 15.7 Å². The summed E-state index contributed by atoms with van der Waals surface area (Å²) in [4.78, 5) is 39.4. The van der Waals surface area contributed by atoms with Crippen molar-refractivity contribution in [2.45, 2.75) is 51.0 Å². The van der Waals surface area contributed by atoms with E-state index in [0.717, 1.165) is 42.2 Å². The molecule has 1 saturated carbocycles. The maximum absolute atomic E-state index is 12.7. The lowest BCUT2D eigenvalue weighted by Gasteiger charge is -2.47. The Morgan fingerprint density at radius 1 is 1.16 bits per heavy atom. The van der Waals surface area contributed by atoms with Gasteiger partial charge < -0.3 is 24.5 Å². The Labute approximate surface area is 221 Å². The summed E-state index contributed by atoms with van der Waals surface area (Å²) in [6.45, 7) is 2.57. The molecule has 1 saturated heterocycles. The topological polar surface area (TPSA) is 109 Å². The SMILES string of the molecule is Cc1c(Cc2ccccc2)c(=O)oc2cc(OCC(=O)NCC(=O)N3CC[C@]4(O)CCCC[C@@H]4C3)ccc12. The Balaban J connectivity index is 1.15. The highest BCUT2D eigenvalue weighted by Crippen LogP contribution is 2.39. The van der Waals surface area contributed by atoms with Crippen LogP contribution in [-0.2, 0) is 16.0 Å². The van der Waals surface area contributed by atoms with Gasteiger partial charge in [0, 0.05) is 42.4 Å². The smallest absolute Gasteiger partial charge is 0.340 e. The number of carbonyl (C=O) groups is 2. The van der Waals surface area contributed by atoms with Gasteiger partial charge >= 0.3 is 5.63 Å². The fraction of sp³-hybridized carbons (Fsp3) is 0.433. The highest BCUT2D eigenvalue weighted by atomic mass is 16.5. The van der Waals surface area contributed by atoms with Crippen molar-refractivity contribution in [2.75, 3.05) is 26.2 Å². The third-order valence-corrected chi connectivity index (χ3v) is 8.07. The molecule has 0 bridgehead atoms. The maximum atomic E-state index is 12.7. The average Bonchev–Trinajstić information content (AvgIpc) is 2.92. The summed E-state index contributed by atoms with van der Waals surface area (Å²) in [5.74, 6) is -0.0651. The lowest BCUT2D eigenvalue weighted by molar-refractivity contribution is -0.143. The second-order valence-electron chi connectivity index (χ2n) is 10.5. The second kappa shape index (κ2) is 11.0. The number of nitrogens with zero attached hydrogens (tertiary/aromatic N) is 1. The molecule has 2 aliphatic rings. The van der Waals surface area contributed by atoms with Gasteiger partial charge in [-0.25, -0.2) is 4.79 Å². The van der Waals surface area contributed by atoms with Crippen LogP contribution in [0.25, 0.3) is 11.0 Å². The zero-order chi connectivity index (χ0) is 26.7. The van der Waals surface area contributed by atoms with E-state index in [0.29, 0.717) is 42.8 Å². The van der Waals surface area contributed by atoms with Gasteiger partial charge in [-0.15, -0.1) is 0 Å². The molecule has 2 N–H and O–H groups in total. The van der Waals surface area contributed by atoms with E-state index in [1.807, 2.05) is 43.3 Å². The number of ether oxygens (including phenoxy) is 1. The van der Waals surface area contributed by atoms with Crippen LogP contribution in [0.15, 0.2) is 57.7 Å². The Kier molecular flexibility index (Phi) is 7.51. The summed E-state index contributed by atoms with van der Waals surface area (Å²) < 4.78 is 11.2. The van der Waals surface area contributed by atoms with Gasteiger partial charge in [0.05, 0.1) is 12.1 Å². The number of fused-ring (bicyclic) bond motifs is 2. The van der Waals surface area contributed by atoms with Gasteiger partial charge in [-0.1, -0.05) is 43.2 Å². The summed E-state index contributed by atoms with van der Waals surface area (Å²) in [5.41, 5.74) is 1.85. The fourth-order valence-corrected chi connectivity index (χ4v) is 5.75. The van der Waals surface area contributed by atoms with E-state index < -0.39 is 17.1 Å². The molecule has 2 amide bonds. The van der Waals surface area contributed by atoms with Crippen molar-refractivity contribution in [3.63, 3.8) is 0 Å². The summed E-state index contributed by atoms with van der Waals surface area (Å²) in [7, 11) is 0. The summed E-state index contributed by atoms with van der Waals surface area (Å²) in [6.07, 6.45) is 4.93. The number of aliphatic hydroxyl groups is 1. The molecular weight excluding hydrogens is 484 g/mol. The number of carbonyl (C=O) groups excluding carboxylic acids is 2. The third-order valence-electron chi connectivity index (χ3n) is 8.07. The van der Waals surface area contributed by atoms with Crippen molar-refractivity contribution in [3.05, 3.63) is 75.6 Å². The largest absolute Gasteiger partial charge is 0.484 e. The molecule has 0 spiro atoms. The van der Waals surface area contributed by atoms with Gasteiger partial charge in [0.1, 0.15) is 11.3 Å². The quantitative estimate of drug-likeness (QED) is 0.465. The third kappa shape index (κ3) is 5.60. The Morgan fingerprint density at radius 3 is 2.79 bits per heavy atom. The van der Waals surface area contributed by atoms with Gasteiger partial charge in [0.2, 0.25) is 5.91 Å². The molecule has 2 atom stereocenters. The van der Waals surface area contributed by atoms with Crippen LogP contribution in [0.5, 0.6) is 5.75 Å². The van der Waals surface area contributed by atoms with Crippen molar-refractivity contribution in [2.24, 2.45) is 5.92 Å². The van der Waals surface area contributed by atoms with Crippen LogP contribution in [0.4, 0.5) is 0 Å². The molecule has 2 aromatic carbocycles. The minimum atomic E-state index is -0.646. The fourth-order valence-electron chi connectivity index (χ4n) is 5.75. The van der Waals surface area contributed by atoms with Gasteiger partial charge in [0.15, 0.2) is 6.61 Å². The minimum Gasteiger partial charge on any atom is -0.484 e. The first-order chi connectivity index (χ1) is 18.3. The lowest BCUT2D eigenvalue weighted by atomic mass is 9.71.